The number of benzene rings is 1. The Morgan fingerprint density at radius 3 is 2.69 bits per heavy atom. The van der Waals surface area contributed by atoms with Gasteiger partial charge in [0.1, 0.15) is 11.7 Å². The van der Waals surface area contributed by atoms with Gasteiger partial charge in [-0.1, -0.05) is 36.2 Å². The van der Waals surface area contributed by atoms with Gasteiger partial charge in [0.25, 0.3) is 10.0 Å². The molecule has 32 heavy (non-hydrogen) atoms. The molecule has 170 valence electrons. The van der Waals surface area contributed by atoms with Crippen LogP contribution in [0.4, 0.5) is 5.82 Å². The summed E-state index contributed by atoms with van der Waals surface area (Å²) in [4.78, 5) is 19.7. The molecule has 3 N–H and O–H groups in total. The van der Waals surface area contributed by atoms with Gasteiger partial charge in [-0.2, -0.15) is 4.91 Å². The van der Waals surface area contributed by atoms with Crippen LogP contribution in [0.25, 0.3) is 11.2 Å². The molecule has 2 heterocycles. The van der Waals surface area contributed by atoms with E-state index in [1.807, 2.05) is 13.8 Å². The average molecular weight is 459 g/mol. The zero-order valence-electron chi connectivity index (χ0n) is 17.8. The van der Waals surface area contributed by atoms with Crippen molar-refractivity contribution in [3.8, 4) is 0 Å². The molecular weight excluding hydrogens is 432 g/mol. The quantitative estimate of drug-likeness (QED) is 0.266. The number of fused-ring (bicyclic) bond motifs is 1. The third-order valence-electron chi connectivity index (χ3n) is 6.09. The summed E-state index contributed by atoms with van der Waals surface area (Å²) in [5.74, 6) is 0.433. The Morgan fingerprint density at radius 2 is 2.00 bits per heavy atom. The van der Waals surface area contributed by atoms with Crippen LogP contribution in [0.1, 0.15) is 31.7 Å². The van der Waals surface area contributed by atoms with Crippen molar-refractivity contribution in [3.05, 3.63) is 53.2 Å². The van der Waals surface area contributed by atoms with Gasteiger partial charge in [-0.3, -0.25) is 0 Å². The average Bonchev–Trinajstić information content (AvgIpc) is 3.41. The Morgan fingerprint density at radius 1 is 1.25 bits per heavy atom. The fourth-order valence-corrected chi connectivity index (χ4v) is 5.59. The fourth-order valence-electron chi connectivity index (χ4n) is 4.29. The lowest BCUT2D eigenvalue weighted by molar-refractivity contribution is 0.0607. The first kappa shape index (κ1) is 22.3. The standard InChI is InChI=1S/C21H26N6O4S/c1-3-14-10-15(26-29)11-17(14)21(28)25-24-19-12-22-20-18(23-19)8-9-27(20)32(30,31)16-6-4-13(2)5-7-16/h4-9,12,14-15,17,21,25,28H,3,10-11H2,1-2H3,(H,23,24). The van der Waals surface area contributed by atoms with Crippen molar-refractivity contribution in [1.29, 1.82) is 0 Å². The second-order valence-electron chi connectivity index (χ2n) is 8.17. The Hall–Kier alpha value is -2.89. The van der Waals surface area contributed by atoms with Gasteiger partial charge < -0.3 is 10.5 Å². The topological polar surface area (TPSA) is 139 Å². The number of hydrazine groups is 1. The molecule has 11 heteroatoms. The summed E-state index contributed by atoms with van der Waals surface area (Å²) in [6, 6.07) is 7.90. The van der Waals surface area contributed by atoms with Gasteiger partial charge in [-0.05, 0) is 43.9 Å². The van der Waals surface area contributed by atoms with Crippen LogP contribution in [-0.4, -0.2) is 39.7 Å². The molecular formula is C21H26N6O4S. The number of aliphatic hydroxyl groups excluding tert-OH is 1. The summed E-state index contributed by atoms with van der Waals surface area (Å²) in [5.41, 5.74) is 7.21. The van der Waals surface area contributed by atoms with Gasteiger partial charge in [0, 0.05) is 12.1 Å². The summed E-state index contributed by atoms with van der Waals surface area (Å²) in [5, 5.41) is 13.7. The molecule has 4 atom stereocenters. The molecule has 1 aliphatic carbocycles. The molecule has 10 nitrogen and oxygen atoms in total. The first-order chi connectivity index (χ1) is 15.3. The van der Waals surface area contributed by atoms with Crippen LogP contribution in [0.15, 0.2) is 52.8 Å². The lowest BCUT2D eigenvalue weighted by Crippen LogP contribution is -2.41. The van der Waals surface area contributed by atoms with E-state index in [4.69, 9.17) is 0 Å². The maximum atomic E-state index is 13.0. The highest BCUT2D eigenvalue weighted by molar-refractivity contribution is 7.90. The van der Waals surface area contributed by atoms with Crippen molar-refractivity contribution < 1.29 is 13.5 Å². The number of aromatic nitrogens is 3. The number of hydrogen-bond donors (Lipinski definition) is 3. The van der Waals surface area contributed by atoms with E-state index in [0.717, 1.165) is 16.0 Å². The molecule has 0 saturated heterocycles. The molecule has 2 aromatic heterocycles. The Bertz CT molecular complexity index is 1210. The van der Waals surface area contributed by atoms with Gasteiger partial charge in [-0.15, -0.1) is 0 Å². The van der Waals surface area contributed by atoms with E-state index in [1.165, 1.54) is 12.4 Å². The monoisotopic (exact) mass is 458 g/mol. The lowest BCUT2D eigenvalue weighted by atomic mass is 9.92. The van der Waals surface area contributed by atoms with Crippen molar-refractivity contribution in [2.45, 2.75) is 50.3 Å². The van der Waals surface area contributed by atoms with E-state index in [0.29, 0.717) is 24.2 Å². The zero-order chi connectivity index (χ0) is 22.9. The number of nitroso groups, excluding NO2 is 1. The molecule has 3 aromatic rings. The van der Waals surface area contributed by atoms with Gasteiger partial charge in [0.05, 0.1) is 17.1 Å². The highest BCUT2D eigenvalue weighted by atomic mass is 32.2. The van der Waals surface area contributed by atoms with Crippen molar-refractivity contribution in [2.75, 3.05) is 5.43 Å². The summed E-state index contributed by atoms with van der Waals surface area (Å²) >= 11 is 0. The minimum atomic E-state index is -3.80. The number of nitrogens with one attached hydrogen (secondary N) is 2. The second-order valence-corrected chi connectivity index (χ2v) is 9.99. The predicted molar refractivity (Wildman–Crippen MR) is 120 cm³/mol. The van der Waals surface area contributed by atoms with Crippen molar-refractivity contribution in [2.24, 2.45) is 17.0 Å². The molecule has 4 unspecified atom stereocenters. The molecule has 1 saturated carbocycles. The summed E-state index contributed by atoms with van der Waals surface area (Å²) in [6.07, 6.45) is 3.98. The maximum absolute atomic E-state index is 13.0. The van der Waals surface area contributed by atoms with E-state index in [9.17, 15) is 18.4 Å². The number of aryl methyl sites for hydroxylation is 1. The SMILES string of the molecule is CCC1CC(N=O)CC1C(O)NNc1cnc2c(ccn2S(=O)(=O)c2ccc(C)cc2)n1. The van der Waals surface area contributed by atoms with Crippen molar-refractivity contribution in [3.63, 3.8) is 0 Å². The van der Waals surface area contributed by atoms with E-state index in [2.05, 4.69) is 26.0 Å². The van der Waals surface area contributed by atoms with Crippen LogP contribution < -0.4 is 10.9 Å². The van der Waals surface area contributed by atoms with Crippen LogP contribution in [0.5, 0.6) is 0 Å². The highest BCUT2D eigenvalue weighted by Crippen LogP contribution is 2.37. The van der Waals surface area contributed by atoms with Crippen LogP contribution >= 0.6 is 0 Å². The molecule has 0 radical (unpaired) electrons. The zero-order valence-corrected chi connectivity index (χ0v) is 18.7. The number of hydrogen-bond acceptors (Lipinski definition) is 9. The Labute approximate surface area is 186 Å². The smallest absolute Gasteiger partial charge is 0.269 e. The third-order valence-corrected chi connectivity index (χ3v) is 7.77. The van der Waals surface area contributed by atoms with E-state index < -0.39 is 16.3 Å². The summed E-state index contributed by atoms with van der Waals surface area (Å²) in [7, 11) is -3.80. The second kappa shape index (κ2) is 8.93. The first-order valence-corrected chi connectivity index (χ1v) is 12.0. The molecule has 0 aliphatic heterocycles. The normalized spacial score (nSPS) is 22.2. The van der Waals surface area contributed by atoms with Crippen LogP contribution in [0.2, 0.25) is 0 Å². The summed E-state index contributed by atoms with van der Waals surface area (Å²) < 4.78 is 27.1. The maximum Gasteiger partial charge on any atom is 0.269 e. The van der Waals surface area contributed by atoms with Crippen molar-refractivity contribution >= 4 is 27.0 Å². The number of nitrogens with zero attached hydrogens (tertiary/aromatic N) is 4. The number of aliphatic hydroxyl groups is 1. The van der Waals surface area contributed by atoms with Crippen LogP contribution in [0, 0.1) is 23.7 Å². The highest BCUT2D eigenvalue weighted by Gasteiger charge is 2.38. The minimum Gasteiger partial charge on any atom is -0.377 e. The van der Waals surface area contributed by atoms with Gasteiger partial charge in [0.15, 0.2) is 11.5 Å². The van der Waals surface area contributed by atoms with Gasteiger partial charge in [-0.25, -0.2) is 27.8 Å². The number of rotatable bonds is 8. The van der Waals surface area contributed by atoms with Gasteiger partial charge >= 0.3 is 0 Å². The van der Waals surface area contributed by atoms with Crippen molar-refractivity contribution in [1.82, 2.24) is 19.4 Å². The van der Waals surface area contributed by atoms with E-state index in [1.54, 1.807) is 30.3 Å². The third kappa shape index (κ3) is 4.23. The minimum absolute atomic E-state index is 0.104. The Balaban J connectivity index is 1.49. The molecule has 0 spiro atoms. The lowest BCUT2D eigenvalue weighted by Gasteiger charge is -2.24. The molecule has 1 fully saturated rings. The largest absolute Gasteiger partial charge is 0.377 e. The fraction of sp³-hybridized carbons (Fsp3) is 0.429. The van der Waals surface area contributed by atoms with E-state index >= 15 is 0 Å². The number of anilines is 1. The molecule has 1 aliphatic rings. The van der Waals surface area contributed by atoms with Crippen LogP contribution in [0.3, 0.4) is 0 Å². The first-order valence-electron chi connectivity index (χ1n) is 10.5. The molecule has 0 bridgehead atoms. The molecule has 4 rings (SSSR count). The molecule has 0 amide bonds. The summed E-state index contributed by atoms with van der Waals surface area (Å²) in [6.45, 7) is 3.92. The van der Waals surface area contributed by atoms with Gasteiger partial charge in [0.2, 0.25) is 0 Å². The predicted octanol–water partition coefficient (Wildman–Crippen LogP) is 2.78. The van der Waals surface area contributed by atoms with Crippen LogP contribution in [-0.2, 0) is 10.0 Å². The Kier molecular flexibility index (Phi) is 6.22. The van der Waals surface area contributed by atoms with E-state index in [-0.39, 0.29) is 28.4 Å². The molecule has 1 aromatic carbocycles.